The van der Waals surface area contributed by atoms with Crippen molar-refractivity contribution in [3.8, 4) is 5.75 Å². The smallest absolute Gasteiger partial charge is 0.294 e. The first-order chi connectivity index (χ1) is 16.4. The Hall–Kier alpha value is -3.42. The lowest BCUT2D eigenvalue weighted by atomic mass is 9.76. The van der Waals surface area contributed by atoms with Crippen molar-refractivity contribution in [2.75, 3.05) is 16.8 Å². The van der Waals surface area contributed by atoms with Crippen molar-refractivity contribution in [1.82, 2.24) is 0 Å². The van der Waals surface area contributed by atoms with Gasteiger partial charge in [-0.2, -0.15) is 0 Å². The minimum atomic E-state index is -0.503. The SMILES string of the molecule is CCCCCOc1ccc(Nc2ccc(N3C(=O)[C@H]4C[C@@H](C)CC[C@H]4C3=O)cc2[N+](=O)[O-])cc1. The summed E-state index contributed by atoms with van der Waals surface area (Å²) in [6.07, 6.45) is 5.54. The number of rotatable bonds is 9. The number of carbonyl (C=O) groups excluding carboxylic acids is 2. The van der Waals surface area contributed by atoms with Gasteiger partial charge in [0.25, 0.3) is 5.69 Å². The predicted molar refractivity (Wildman–Crippen MR) is 130 cm³/mol. The monoisotopic (exact) mass is 465 g/mol. The van der Waals surface area contributed by atoms with E-state index in [-0.39, 0.29) is 40.7 Å². The van der Waals surface area contributed by atoms with Crippen LogP contribution >= 0.6 is 0 Å². The Balaban J connectivity index is 1.51. The summed E-state index contributed by atoms with van der Waals surface area (Å²) in [5.41, 5.74) is 1.02. The van der Waals surface area contributed by atoms with E-state index in [2.05, 4.69) is 19.2 Å². The molecule has 180 valence electrons. The van der Waals surface area contributed by atoms with Crippen LogP contribution < -0.4 is 15.0 Å². The second-order valence-corrected chi connectivity index (χ2v) is 9.31. The highest BCUT2D eigenvalue weighted by Crippen LogP contribution is 2.43. The Kier molecular flexibility index (Phi) is 7.14. The van der Waals surface area contributed by atoms with Crippen molar-refractivity contribution >= 4 is 34.6 Å². The molecule has 1 saturated heterocycles. The van der Waals surface area contributed by atoms with Gasteiger partial charge >= 0.3 is 0 Å². The fourth-order valence-electron chi connectivity index (χ4n) is 4.89. The van der Waals surface area contributed by atoms with Crippen LogP contribution in [0.15, 0.2) is 42.5 Å². The number of nitro benzene ring substituents is 1. The van der Waals surface area contributed by atoms with Crippen molar-refractivity contribution < 1.29 is 19.2 Å². The summed E-state index contributed by atoms with van der Waals surface area (Å²) >= 11 is 0. The van der Waals surface area contributed by atoms with E-state index in [9.17, 15) is 19.7 Å². The molecule has 1 aliphatic carbocycles. The third-order valence-corrected chi connectivity index (χ3v) is 6.77. The summed E-state index contributed by atoms with van der Waals surface area (Å²) in [6.45, 7) is 4.88. The summed E-state index contributed by atoms with van der Waals surface area (Å²) in [6, 6.07) is 11.7. The summed E-state index contributed by atoms with van der Waals surface area (Å²) in [5.74, 6) is 0.0110. The lowest BCUT2D eigenvalue weighted by Gasteiger charge is -2.25. The fourth-order valence-corrected chi connectivity index (χ4v) is 4.89. The maximum atomic E-state index is 13.0. The van der Waals surface area contributed by atoms with Crippen LogP contribution in [0.4, 0.5) is 22.7 Å². The van der Waals surface area contributed by atoms with Crippen molar-refractivity contribution in [2.45, 2.75) is 52.4 Å². The highest BCUT2D eigenvalue weighted by molar-refractivity contribution is 6.22. The summed E-state index contributed by atoms with van der Waals surface area (Å²) < 4.78 is 5.71. The van der Waals surface area contributed by atoms with E-state index >= 15 is 0 Å². The number of hydrogen-bond acceptors (Lipinski definition) is 6. The number of anilines is 3. The average molecular weight is 466 g/mol. The van der Waals surface area contributed by atoms with E-state index < -0.39 is 4.92 Å². The van der Waals surface area contributed by atoms with E-state index in [1.165, 1.54) is 6.07 Å². The van der Waals surface area contributed by atoms with Gasteiger partial charge in [-0.1, -0.05) is 26.7 Å². The molecule has 0 unspecified atom stereocenters. The van der Waals surface area contributed by atoms with Crippen LogP contribution in [0.25, 0.3) is 0 Å². The van der Waals surface area contributed by atoms with Gasteiger partial charge < -0.3 is 10.1 Å². The Bertz CT molecular complexity index is 1070. The molecule has 8 heteroatoms. The van der Waals surface area contributed by atoms with Crippen LogP contribution in [0.5, 0.6) is 5.75 Å². The molecular formula is C26H31N3O5. The van der Waals surface area contributed by atoms with E-state index in [0.717, 1.165) is 36.3 Å². The molecular weight excluding hydrogens is 434 g/mol. The first-order valence-electron chi connectivity index (χ1n) is 12.0. The first kappa shape index (κ1) is 23.7. The Morgan fingerprint density at radius 3 is 2.50 bits per heavy atom. The van der Waals surface area contributed by atoms with Crippen LogP contribution in [-0.2, 0) is 9.59 Å². The van der Waals surface area contributed by atoms with Gasteiger partial charge in [-0.25, -0.2) is 4.90 Å². The van der Waals surface area contributed by atoms with Crippen molar-refractivity contribution in [2.24, 2.45) is 17.8 Å². The van der Waals surface area contributed by atoms with Gasteiger partial charge in [0.1, 0.15) is 11.4 Å². The second-order valence-electron chi connectivity index (χ2n) is 9.31. The number of amides is 2. The topological polar surface area (TPSA) is 102 Å². The molecule has 2 aliphatic rings. The van der Waals surface area contributed by atoms with Crippen LogP contribution in [-0.4, -0.2) is 23.3 Å². The van der Waals surface area contributed by atoms with Gasteiger partial charge in [0.15, 0.2) is 0 Å². The van der Waals surface area contributed by atoms with Crippen LogP contribution in [0.1, 0.15) is 52.4 Å². The molecule has 2 amide bonds. The van der Waals surface area contributed by atoms with E-state index in [0.29, 0.717) is 31.1 Å². The molecule has 3 atom stereocenters. The lowest BCUT2D eigenvalue weighted by molar-refractivity contribution is -0.383. The molecule has 2 aromatic rings. The van der Waals surface area contributed by atoms with Gasteiger partial charge in [0, 0.05) is 11.8 Å². The summed E-state index contributed by atoms with van der Waals surface area (Å²) in [7, 11) is 0. The normalized spacial score (nSPS) is 21.9. The van der Waals surface area contributed by atoms with Gasteiger partial charge in [-0.05, 0) is 68.0 Å². The molecule has 0 bridgehead atoms. The average Bonchev–Trinajstić information content (AvgIpc) is 3.07. The molecule has 0 spiro atoms. The van der Waals surface area contributed by atoms with E-state index in [1.54, 1.807) is 24.3 Å². The molecule has 1 heterocycles. The van der Waals surface area contributed by atoms with Gasteiger partial charge in [0.05, 0.1) is 29.1 Å². The number of benzene rings is 2. The van der Waals surface area contributed by atoms with Crippen LogP contribution in [0.2, 0.25) is 0 Å². The minimum absolute atomic E-state index is 0.193. The Morgan fingerprint density at radius 1 is 1.06 bits per heavy atom. The first-order valence-corrected chi connectivity index (χ1v) is 12.0. The molecule has 8 nitrogen and oxygen atoms in total. The zero-order valence-electron chi connectivity index (χ0n) is 19.7. The van der Waals surface area contributed by atoms with Crippen molar-refractivity contribution in [3.05, 3.63) is 52.6 Å². The van der Waals surface area contributed by atoms with Gasteiger partial charge in [-0.3, -0.25) is 19.7 Å². The number of nitro groups is 1. The molecule has 2 aromatic carbocycles. The third-order valence-electron chi connectivity index (χ3n) is 6.77. The Labute approximate surface area is 199 Å². The quantitative estimate of drug-likeness (QED) is 0.216. The lowest BCUT2D eigenvalue weighted by Crippen LogP contribution is -2.30. The Morgan fingerprint density at radius 2 is 1.79 bits per heavy atom. The van der Waals surface area contributed by atoms with Crippen LogP contribution in [0, 0.1) is 27.9 Å². The number of carbonyl (C=O) groups is 2. The fraction of sp³-hybridized carbons (Fsp3) is 0.462. The molecule has 1 N–H and O–H groups in total. The summed E-state index contributed by atoms with van der Waals surface area (Å²) in [5, 5.41) is 14.9. The number of imide groups is 1. The molecule has 0 aromatic heterocycles. The number of fused-ring (bicyclic) bond motifs is 1. The minimum Gasteiger partial charge on any atom is -0.494 e. The summed E-state index contributed by atoms with van der Waals surface area (Å²) in [4.78, 5) is 38.4. The highest BCUT2D eigenvalue weighted by Gasteiger charge is 2.50. The standard InChI is InChI=1S/C26H31N3O5/c1-3-4-5-14-34-20-10-7-18(8-11-20)27-23-13-9-19(16-24(23)29(32)33)28-25(30)21-12-6-17(2)15-22(21)26(28)31/h7-11,13,16-17,21-22,27H,3-6,12,14-15H2,1-2H3/t17-,21+,22-/m0/s1. The number of nitrogens with zero attached hydrogens (tertiary/aromatic N) is 2. The van der Waals surface area contributed by atoms with E-state index in [1.807, 2.05) is 12.1 Å². The predicted octanol–water partition coefficient (Wildman–Crippen LogP) is 5.83. The molecule has 1 saturated carbocycles. The molecule has 34 heavy (non-hydrogen) atoms. The molecule has 1 aliphatic heterocycles. The molecule has 2 fully saturated rings. The number of unbranched alkanes of at least 4 members (excludes halogenated alkanes) is 2. The zero-order valence-corrected chi connectivity index (χ0v) is 19.7. The third kappa shape index (κ3) is 4.90. The van der Waals surface area contributed by atoms with Gasteiger partial charge in [-0.15, -0.1) is 0 Å². The van der Waals surface area contributed by atoms with Crippen molar-refractivity contribution in [3.63, 3.8) is 0 Å². The van der Waals surface area contributed by atoms with Crippen LogP contribution in [0.3, 0.4) is 0 Å². The van der Waals surface area contributed by atoms with Crippen molar-refractivity contribution in [1.29, 1.82) is 0 Å². The second kappa shape index (κ2) is 10.2. The molecule has 0 radical (unpaired) electrons. The van der Waals surface area contributed by atoms with E-state index in [4.69, 9.17) is 4.74 Å². The number of nitrogens with one attached hydrogen (secondary N) is 1. The number of ether oxygens (including phenoxy) is 1. The largest absolute Gasteiger partial charge is 0.494 e. The maximum Gasteiger partial charge on any atom is 0.294 e. The van der Waals surface area contributed by atoms with Gasteiger partial charge in [0.2, 0.25) is 11.8 Å². The zero-order chi connectivity index (χ0) is 24.2. The molecule has 4 rings (SSSR count). The highest BCUT2D eigenvalue weighted by atomic mass is 16.6. The maximum absolute atomic E-state index is 13.0. The number of hydrogen-bond donors (Lipinski definition) is 1.